The minimum atomic E-state index is 0.660. The van der Waals surface area contributed by atoms with Crippen LogP contribution in [0.1, 0.15) is 0 Å². The largest absolute Gasteiger partial charge is 0.496 e. The molecule has 7 heteroatoms. The van der Waals surface area contributed by atoms with Crippen LogP contribution >= 0.6 is 0 Å². The standard InChI is InChI=1S/C22H22N4O3/c1-23-21-22-24-12-17(14-9-10-19(28-3)20(11-14)29-4)26(22)13-16(25-21)15-7-5-6-8-18(15)27-2/h5-13H,1-4H3,(H,23,25). The number of ether oxygens (including phenoxy) is 3. The first-order valence-corrected chi connectivity index (χ1v) is 9.11. The summed E-state index contributed by atoms with van der Waals surface area (Å²) in [5.74, 6) is 2.78. The fourth-order valence-corrected chi connectivity index (χ4v) is 3.35. The number of anilines is 1. The zero-order chi connectivity index (χ0) is 20.4. The molecule has 148 valence electrons. The highest BCUT2D eigenvalue weighted by molar-refractivity contribution is 5.76. The molecular formula is C22H22N4O3. The minimum absolute atomic E-state index is 0.660. The van der Waals surface area contributed by atoms with Gasteiger partial charge in [0.2, 0.25) is 0 Å². The van der Waals surface area contributed by atoms with Gasteiger partial charge in [-0.3, -0.25) is 4.40 Å². The van der Waals surface area contributed by atoms with Crippen molar-refractivity contribution in [2.75, 3.05) is 33.7 Å². The molecule has 4 aromatic rings. The second kappa shape index (κ2) is 7.71. The topological polar surface area (TPSA) is 69.9 Å². The number of benzene rings is 2. The monoisotopic (exact) mass is 390 g/mol. The highest BCUT2D eigenvalue weighted by atomic mass is 16.5. The smallest absolute Gasteiger partial charge is 0.180 e. The lowest BCUT2D eigenvalue weighted by Gasteiger charge is -2.12. The summed E-state index contributed by atoms with van der Waals surface area (Å²) in [4.78, 5) is 9.32. The van der Waals surface area contributed by atoms with Gasteiger partial charge in [0.25, 0.3) is 0 Å². The van der Waals surface area contributed by atoms with E-state index in [2.05, 4.69) is 10.3 Å². The fraction of sp³-hybridized carbons (Fsp3) is 0.182. The van der Waals surface area contributed by atoms with Gasteiger partial charge in [-0.15, -0.1) is 0 Å². The summed E-state index contributed by atoms with van der Waals surface area (Å²) in [6, 6.07) is 13.6. The van der Waals surface area contributed by atoms with Gasteiger partial charge in [0.05, 0.1) is 38.9 Å². The van der Waals surface area contributed by atoms with Crippen molar-refractivity contribution < 1.29 is 14.2 Å². The highest BCUT2D eigenvalue weighted by Gasteiger charge is 2.16. The Morgan fingerprint density at radius 1 is 0.897 bits per heavy atom. The summed E-state index contributed by atoms with van der Waals surface area (Å²) in [5.41, 5.74) is 4.28. The maximum atomic E-state index is 5.52. The first kappa shape index (κ1) is 18.6. The van der Waals surface area contributed by atoms with Gasteiger partial charge in [-0.2, -0.15) is 0 Å². The third-order valence-electron chi connectivity index (χ3n) is 4.79. The molecule has 0 radical (unpaired) electrons. The number of nitrogens with one attached hydrogen (secondary N) is 1. The normalized spacial score (nSPS) is 10.8. The summed E-state index contributed by atoms with van der Waals surface area (Å²) in [7, 11) is 6.73. The summed E-state index contributed by atoms with van der Waals surface area (Å²) in [5, 5.41) is 3.14. The molecular weight excluding hydrogens is 368 g/mol. The average Bonchev–Trinajstić information content (AvgIpc) is 3.21. The van der Waals surface area contributed by atoms with Crippen molar-refractivity contribution in [3.05, 3.63) is 54.9 Å². The fourth-order valence-electron chi connectivity index (χ4n) is 3.35. The number of aromatic nitrogens is 3. The number of hydrogen-bond donors (Lipinski definition) is 1. The van der Waals surface area contributed by atoms with E-state index in [9.17, 15) is 0 Å². The molecule has 7 nitrogen and oxygen atoms in total. The van der Waals surface area contributed by atoms with E-state index in [4.69, 9.17) is 19.2 Å². The van der Waals surface area contributed by atoms with E-state index in [-0.39, 0.29) is 0 Å². The van der Waals surface area contributed by atoms with Crippen molar-refractivity contribution >= 4 is 11.5 Å². The maximum absolute atomic E-state index is 5.52. The van der Waals surface area contributed by atoms with Crippen LogP contribution in [0.15, 0.2) is 54.9 Å². The number of rotatable bonds is 6. The molecule has 0 bridgehead atoms. The van der Waals surface area contributed by atoms with Crippen LogP contribution in [0.5, 0.6) is 17.2 Å². The van der Waals surface area contributed by atoms with Crippen molar-refractivity contribution in [3.8, 4) is 39.8 Å². The van der Waals surface area contributed by atoms with E-state index in [1.54, 1.807) is 21.3 Å². The molecule has 0 atom stereocenters. The average molecular weight is 390 g/mol. The Labute approximate surface area is 168 Å². The lowest BCUT2D eigenvalue weighted by atomic mass is 10.1. The predicted octanol–water partition coefficient (Wildman–Crippen LogP) is 4.13. The van der Waals surface area contributed by atoms with Crippen molar-refractivity contribution in [2.45, 2.75) is 0 Å². The molecule has 2 aromatic carbocycles. The van der Waals surface area contributed by atoms with Crippen LogP contribution in [0.3, 0.4) is 0 Å². The quantitative estimate of drug-likeness (QED) is 0.534. The number of imidazole rings is 1. The van der Waals surface area contributed by atoms with Crippen LogP contribution in [0.4, 0.5) is 5.82 Å². The van der Waals surface area contributed by atoms with Gasteiger partial charge in [-0.1, -0.05) is 12.1 Å². The molecule has 0 spiro atoms. The van der Waals surface area contributed by atoms with Crippen LogP contribution in [0.2, 0.25) is 0 Å². The second-order valence-electron chi connectivity index (χ2n) is 6.33. The summed E-state index contributed by atoms with van der Waals surface area (Å²) >= 11 is 0. The van der Waals surface area contributed by atoms with Gasteiger partial charge in [-0.25, -0.2) is 9.97 Å². The minimum Gasteiger partial charge on any atom is -0.496 e. The maximum Gasteiger partial charge on any atom is 0.180 e. The number of para-hydroxylation sites is 1. The Hall–Kier alpha value is -3.74. The molecule has 2 heterocycles. The lowest BCUT2D eigenvalue weighted by Crippen LogP contribution is -2.01. The zero-order valence-electron chi connectivity index (χ0n) is 16.8. The predicted molar refractivity (Wildman–Crippen MR) is 113 cm³/mol. The first-order valence-electron chi connectivity index (χ1n) is 9.11. The van der Waals surface area contributed by atoms with Gasteiger partial charge >= 0.3 is 0 Å². The molecule has 2 aromatic heterocycles. The van der Waals surface area contributed by atoms with E-state index in [0.29, 0.717) is 17.3 Å². The van der Waals surface area contributed by atoms with Crippen molar-refractivity contribution in [2.24, 2.45) is 0 Å². The van der Waals surface area contributed by atoms with Gasteiger partial charge < -0.3 is 19.5 Å². The van der Waals surface area contributed by atoms with E-state index < -0.39 is 0 Å². The zero-order valence-corrected chi connectivity index (χ0v) is 16.8. The van der Waals surface area contributed by atoms with Crippen molar-refractivity contribution in [1.29, 1.82) is 0 Å². The molecule has 0 aliphatic carbocycles. The van der Waals surface area contributed by atoms with Gasteiger partial charge in [-0.05, 0) is 30.3 Å². The Bertz CT molecular complexity index is 1170. The molecule has 0 amide bonds. The van der Waals surface area contributed by atoms with Crippen LogP contribution in [0.25, 0.3) is 28.2 Å². The Morgan fingerprint density at radius 3 is 2.38 bits per heavy atom. The highest BCUT2D eigenvalue weighted by Crippen LogP contribution is 2.35. The number of fused-ring (bicyclic) bond motifs is 1. The van der Waals surface area contributed by atoms with Gasteiger partial charge in [0.15, 0.2) is 23.0 Å². The molecule has 0 saturated heterocycles. The van der Waals surface area contributed by atoms with E-state index in [0.717, 1.165) is 33.9 Å². The molecule has 1 N–H and O–H groups in total. The molecule has 4 rings (SSSR count). The van der Waals surface area contributed by atoms with E-state index in [1.807, 2.05) is 66.3 Å². The van der Waals surface area contributed by atoms with Crippen LogP contribution in [-0.4, -0.2) is 42.7 Å². The summed E-state index contributed by atoms with van der Waals surface area (Å²) in [6.07, 6.45) is 3.79. The van der Waals surface area contributed by atoms with E-state index >= 15 is 0 Å². The van der Waals surface area contributed by atoms with E-state index in [1.165, 1.54) is 0 Å². The molecule has 0 aliphatic heterocycles. The SMILES string of the molecule is CNc1nc(-c2ccccc2OC)cn2c(-c3ccc(OC)c(OC)c3)cnc12. The molecule has 29 heavy (non-hydrogen) atoms. The second-order valence-corrected chi connectivity index (χ2v) is 6.33. The Morgan fingerprint density at radius 2 is 1.66 bits per heavy atom. The Kier molecular flexibility index (Phi) is 4.95. The first-order chi connectivity index (χ1) is 14.2. The third-order valence-corrected chi connectivity index (χ3v) is 4.79. The van der Waals surface area contributed by atoms with Crippen LogP contribution in [-0.2, 0) is 0 Å². The van der Waals surface area contributed by atoms with Crippen LogP contribution in [0, 0.1) is 0 Å². The molecule has 0 saturated carbocycles. The lowest BCUT2D eigenvalue weighted by molar-refractivity contribution is 0.355. The Balaban J connectivity index is 1.94. The summed E-state index contributed by atoms with van der Waals surface area (Å²) < 4.78 is 18.4. The third kappa shape index (κ3) is 3.20. The number of nitrogens with zero attached hydrogens (tertiary/aromatic N) is 3. The molecule has 0 unspecified atom stereocenters. The van der Waals surface area contributed by atoms with Gasteiger partial charge in [0.1, 0.15) is 5.75 Å². The van der Waals surface area contributed by atoms with Crippen molar-refractivity contribution in [3.63, 3.8) is 0 Å². The molecule has 0 aliphatic rings. The number of methoxy groups -OCH3 is 3. The van der Waals surface area contributed by atoms with Gasteiger partial charge in [0, 0.05) is 24.4 Å². The number of hydrogen-bond acceptors (Lipinski definition) is 6. The van der Waals surface area contributed by atoms with Crippen LogP contribution < -0.4 is 19.5 Å². The molecule has 0 fully saturated rings. The summed E-state index contributed by atoms with van der Waals surface area (Å²) in [6.45, 7) is 0. The van der Waals surface area contributed by atoms with Crippen molar-refractivity contribution in [1.82, 2.24) is 14.4 Å².